The Balaban J connectivity index is 1.47. The van der Waals surface area contributed by atoms with Gasteiger partial charge in [-0.25, -0.2) is 4.68 Å². The predicted octanol–water partition coefficient (Wildman–Crippen LogP) is 2.02. The second-order valence-electron chi connectivity index (χ2n) is 7.36. The van der Waals surface area contributed by atoms with Crippen LogP contribution in [0.25, 0.3) is 10.8 Å². The molecule has 0 spiro atoms. The van der Waals surface area contributed by atoms with E-state index in [1.54, 1.807) is 42.2 Å². The normalized spacial score (nSPS) is 13.2. The Kier molecular flexibility index (Phi) is 5.22. The molecule has 2 aromatic carbocycles. The molecule has 3 aromatic rings. The van der Waals surface area contributed by atoms with E-state index < -0.39 is 0 Å². The van der Waals surface area contributed by atoms with Crippen molar-refractivity contribution in [2.45, 2.75) is 32.7 Å². The topological polar surface area (TPSA) is 104 Å². The van der Waals surface area contributed by atoms with E-state index in [1.807, 2.05) is 12.1 Å². The lowest BCUT2D eigenvalue weighted by atomic mass is 10.0. The second-order valence-corrected chi connectivity index (χ2v) is 7.36. The fraction of sp³-hybridized carbons (Fsp3) is 0.273. The van der Waals surface area contributed by atoms with Crippen molar-refractivity contribution in [1.29, 1.82) is 0 Å². The summed E-state index contributed by atoms with van der Waals surface area (Å²) in [5.41, 5.74) is 1.84. The summed E-state index contributed by atoms with van der Waals surface area (Å²) in [6, 6.07) is 12.1. The molecule has 0 unspecified atom stereocenters. The average molecular weight is 406 g/mol. The minimum Gasteiger partial charge on any atom is -0.326 e. The van der Waals surface area contributed by atoms with Crippen LogP contribution < -0.4 is 21.3 Å². The fourth-order valence-corrected chi connectivity index (χ4v) is 3.84. The van der Waals surface area contributed by atoms with Crippen LogP contribution in [0.1, 0.15) is 25.3 Å². The number of anilines is 2. The number of nitrogens with zero attached hydrogens (tertiary/aromatic N) is 2. The third-order valence-electron chi connectivity index (χ3n) is 5.31. The Morgan fingerprint density at radius 1 is 1.10 bits per heavy atom. The number of aromatic nitrogens is 2. The molecule has 0 saturated heterocycles. The van der Waals surface area contributed by atoms with Crippen molar-refractivity contribution in [1.82, 2.24) is 9.78 Å². The number of hydrogen-bond acceptors (Lipinski definition) is 4. The lowest BCUT2D eigenvalue weighted by Crippen LogP contribution is -2.33. The standard InChI is InChI=1S/C22H22N4O4/c1-14(27)25-11-4-5-15-13-16(8-9-19(15)25)23-20(28)10-12-26-22(30)18-7-3-2-6-17(18)21(29)24-26/h2-3,6-9,13H,4-5,10-12H2,1H3,(H,23,28)(H,24,29). The molecule has 0 saturated carbocycles. The van der Waals surface area contributed by atoms with E-state index in [0.29, 0.717) is 23.0 Å². The minimum atomic E-state index is -0.365. The Hall–Kier alpha value is -3.68. The van der Waals surface area contributed by atoms with E-state index in [0.717, 1.165) is 24.1 Å². The molecule has 0 bridgehead atoms. The van der Waals surface area contributed by atoms with Crippen LogP contribution in [0.4, 0.5) is 11.4 Å². The highest BCUT2D eigenvalue weighted by molar-refractivity contribution is 5.94. The predicted molar refractivity (Wildman–Crippen MR) is 115 cm³/mol. The van der Waals surface area contributed by atoms with Gasteiger partial charge in [0, 0.05) is 31.3 Å². The number of hydrogen-bond donors (Lipinski definition) is 2. The van der Waals surface area contributed by atoms with E-state index in [9.17, 15) is 19.2 Å². The van der Waals surface area contributed by atoms with Gasteiger partial charge >= 0.3 is 0 Å². The van der Waals surface area contributed by atoms with Crippen molar-refractivity contribution < 1.29 is 9.59 Å². The number of carbonyl (C=O) groups excluding carboxylic acids is 2. The Morgan fingerprint density at radius 2 is 1.87 bits per heavy atom. The zero-order valence-corrected chi connectivity index (χ0v) is 16.6. The number of benzene rings is 2. The first-order valence-electron chi connectivity index (χ1n) is 9.87. The number of carbonyl (C=O) groups is 2. The SMILES string of the molecule is CC(=O)N1CCCc2cc(NC(=O)CCn3[nH]c(=O)c4ccccc4c3=O)ccc21. The molecule has 2 N–H and O–H groups in total. The first-order valence-corrected chi connectivity index (χ1v) is 9.87. The number of fused-ring (bicyclic) bond motifs is 2. The summed E-state index contributed by atoms with van der Waals surface area (Å²) < 4.78 is 1.17. The van der Waals surface area contributed by atoms with Crippen molar-refractivity contribution in [3.05, 3.63) is 68.7 Å². The summed E-state index contributed by atoms with van der Waals surface area (Å²) in [6.45, 7) is 2.31. The van der Waals surface area contributed by atoms with Crippen LogP contribution in [-0.4, -0.2) is 28.1 Å². The molecule has 1 aromatic heterocycles. The van der Waals surface area contributed by atoms with Gasteiger partial charge in [-0.15, -0.1) is 0 Å². The fourth-order valence-electron chi connectivity index (χ4n) is 3.84. The maximum atomic E-state index is 12.5. The van der Waals surface area contributed by atoms with E-state index in [2.05, 4.69) is 10.4 Å². The molecule has 2 amide bonds. The summed E-state index contributed by atoms with van der Waals surface area (Å²) in [6.07, 6.45) is 1.75. The molecule has 0 radical (unpaired) electrons. The van der Waals surface area contributed by atoms with Crippen molar-refractivity contribution in [3.8, 4) is 0 Å². The number of rotatable bonds is 4. The molecular weight excluding hydrogens is 384 g/mol. The minimum absolute atomic E-state index is 0.00237. The van der Waals surface area contributed by atoms with Gasteiger partial charge in [0.1, 0.15) is 0 Å². The third kappa shape index (κ3) is 3.76. The van der Waals surface area contributed by atoms with E-state index >= 15 is 0 Å². The molecule has 30 heavy (non-hydrogen) atoms. The Labute approximate surface area is 172 Å². The first-order chi connectivity index (χ1) is 14.4. The van der Waals surface area contributed by atoms with Gasteiger partial charge < -0.3 is 10.2 Å². The van der Waals surface area contributed by atoms with E-state index in [-0.39, 0.29) is 35.9 Å². The quantitative estimate of drug-likeness (QED) is 0.692. The molecule has 4 rings (SSSR count). The molecule has 0 atom stereocenters. The molecule has 8 nitrogen and oxygen atoms in total. The lowest BCUT2D eigenvalue weighted by Gasteiger charge is -2.29. The largest absolute Gasteiger partial charge is 0.326 e. The number of amides is 2. The van der Waals surface area contributed by atoms with Crippen LogP contribution in [-0.2, 0) is 22.6 Å². The summed E-state index contributed by atoms with van der Waals surface area (Å²) in [7, 11) is 0. The number of H-pyrrole nitrogens is 1. The van der Waals surface area contributed by atoms with E-state index in [1.165, 1.54) is 4.68 Å². The van der Waals surface area contributed by atoms with Crippen molar-refractivity contribution >= 4 is 34.0 Å². The number of aryl methyl sites for hydroxylation is 2. The highest BCUT2D eigenvalue weighted by atomic mass is 16.2. The molecule has 8 heteroatoms. The van der Waals surface area contributed by atoms with Gasteiger partial charge in [-0.3, -0.25) is 24.3 Å². The second kappa shape index (κ2) is 7.98. The third-order valence-corrected chi connectivity index (χ3v) is 5.31. The highest BCUT2D eigenvalue weighted by Gasteiger charge is 2.20. The molecule has 154 valence electrons. The van der Waals surface area contributed by atoms with Gasteiger partial charge in [-0.1, -0.05) is 12.1 Å². The molecule has 2 heterocycles. The Morgan fingerprint density at radius 3 is 2.63 bits per heavy atom. The lowest BCUT2D eigenvalue weighted by molar-refractivity contribution is -0.117. The molecule has 1 aliphatic rings. The number of nitrogens with one attached hydrogen (secondary N) is 2. The van der Waals surface area contributed by atoms with Crippen LogP contribution in [0.2, 0.25) is 0 Å². The maximum Gasteiger partial charge on any atom is 0.273 e. The van der Waals surface area contributed by atoms with Gasteiger partial charge in [0.2, 0.25) is 11.8 Å². The maximum absolute atomic E-state index is 12.5. The first kappa shape index (κ1) is 19.6. The highest BCUT2D eigenvalue weighted by Crippen LogP contribution is 2.29. The van der Waals surface area contributed by atoms with Crippen molar-refractivity contribution in [2.75, 3.05) is 16.8 Å². The molecule has 0 fully saturated rings. The van der Waals surface area contributed by atoms with Crippen LogP contribution in [0.3, 0.4) is 0 Å². The van der Waals surface area contributed by atoms with Gasteiger partial charge in [0.15, 0.2) is 0 Å². The monoisotopic (exact) mass is 406 g/mol. The van der Waals surface area contributed by atoms with Crippen LogP contribution >= 0.6 is 0 Å². The van der Waals surface area contributed by atoms with Gasteiger partial charge in [0.05, 0.1) is 17.3 Å². The van der Waals surface area contributed by atoms with Gasteiger partial charge in [-0.05, 0) is 48.7 Å². The zero-order chi connectivity index (χ0) is 21.3. The molecule has 1 aliphatic heterocycles. The van der Waals surface area contributed by atoms with Crippen molar-refractivity contribution in [2.24, 2.45) is 0 Å². The van der Waals surface area contributed by atoms with Gasteiger partial charge in [0.25, 0.3) is 11.1 Å². The summed E-state index contributed by atoms with van der Waals surface area (Å²) in [4.78, 5) is 50.6. The van der Waals surface area contributed by atoms with E-state index in [4.69, 9.17) is 0 Å². The molecular formula is C22H22N4O4. The summed E-state index contributed by atoms with van der Waals surface area (Å²) >= 11 is 0. The number of aromatic amines is 1. The Bertz CT molecular complexity index is 1260. The van der Waals surface area contributed by atoms with Gasteiger partial charge in [-0.2, -0.15) is 0 Å². The smallest absolute Gasteiger partial charge is 0.273 e. The summed E-state index contributed by atoms with van der Waals surface area (Å²) in [5, 5.41) is 6.01. The average Bonchev–Trinajstić information content (AvgIpc) is 2.74. The van der Waals surface area contributed by atoms with Crippen LogP contribution in [0.15, 0.2) is 52.1 Å². The summed E-state index contributed by atoms with van der Waals surface area (Å²) in [5.74, 6) is -0.266. The van der Waals surface area contributed by atoms with Crippen LogP contribution in [0, 0.1) is 0 Å². The zero-order valence-electron chi connectivity index (χ0n) is 16.6. The van der Waals surface area contributed by atoms with Crippen molar-refractivity contribution in [3.63, 3.8) is 0 Å². The van der Waals surface area contributed by atoms with Crippen LogP contribution in [0.5, 0.6) is 0 Å². The molecule has 0 aliphatic carbocycles.